The van der Waals surface area contributed by atoms with Crippen molar-refractivity contribution in [3.05, 3.63) is 17.0 Å². The molecule has 0 radical (unpaired) electrons. The molecular weight excluding hydrogens is 312 g/mol. The third kappa shape index (κ3) is 6.46. The Kier molecular flexibility index (Phi) is 7.94. The summed E-state index contributed by atoms with van der Waals surface area (Å²) >= 11 is 0. The summed E-state index contributed by atoms with van der Waals surface area (Å²) in [6.07, 6.45) is 8.41. The molecule has 0 saturated heterocycles. The lowest BCUT2D eigenvalue weighted by Gasteiger charge is -2.16. The number of amides is 1. The van der Waals surface area contributed by atoms with Crippen LogP contribution < -0.4 is 10.6 Å². The van der Waals surface area contributed by atoms with Crippen LogP contribution >= 0.6 is 0 Å². The summed E-state index contributed by atoms with van der Waals surface area (Å²) in [7, 11) is 0. The third-order valence-electron chi connectivity index (χ3n) is 5.14. The largest absolute Gasteiger partial charge is 0.355 e. The van der Waals surface area contributed by atoms with Gasteiger partial charge in [0.15, 0.2) is 0 Å². The highest BCUT2D eigenvalue weighted by Gasteiger charge is 2.16. The van der Waals surface area contributed by atoms with E-state index in [-0.39, 0.29) is 5.91 Å². The van der Waals surface area contributed by atoms with Gasteiger partial charge in [-0.3, -0.25) is 9.48 Å². The molecule has 0 unspecified atom stereocenters. The molecule has 1 aliphatic rings. The molecule has 1 saturated carbocycles. The SMILES string of the molecule is Cc1nn(CC(C)C)c(C)c1CC(=O)NCCNC1CCCCCC1. The Morgan fingerprint density at radius 1 is 1.16 bits per heavy atom. The molecule has 1 aromatic rings. The zero-order valence-electron chi connectivity index (χ0n) is 16.5. The van der Waals surface area contributed by atoms with Crippen LogP contribution in [0.4, 0.5) is 0 Å². The molecule has 0 spiro atoms. The number of carbonyl (C=O) groups is 1. The van der Waals surface area contributed by atoms with E-state index < -0.39 is 0 Å². The first-order chi connectivity index (χ1) is 12.0. The molecule has 2 rings (SSSR count). The highest BCUT2D eigenvalue weighted by Crippen LogP contribution is 2.17. The van der Waals surface area contributed by atoms with E-state index in [1.54, 1.807) is 0 Å². The first-order valence-electron chi connectivity index (χ1n) is 10.00. The summed E-state index contributed by atoms with van der Waals surface area (Å²) in [5.41, 5.74) is 3.18. The number of hydrogen-bond donors (Lipinski definition) is 2. The molecule has 5 heteroatoms. The van der Waals surface area contributed by atoms with E-state index in [0.29, 0.717) is 24.9 Å². The Hall–Kier alpha value is -1.36. The molecule has 142 valence electrons. The van der Waals surface area contributed by atoms with Gasteiger partial charge in [0.2, 0.25) is 5.91 Å². The lowest BCUT2D eigenvalue weighted by Crippen LogP contribution is -2.37. The van der Waals surface area contributed by atoms with Crippen molar-refractivity contribution in [2.45, 2.75) is 85.2 Å². The predicted molar refractivity (Wildman–Crippen MR) is 103 cm³/mol. The number of aryl methyl sites for hydroxylation is 1. The quantitative estimate of drug-likeness (QED) is 0.560. The summed E-state index contributed by atoms with van der Waals surface area (Å²) < 4.78 is 2.04. The molecule has 5 nitrogen and oxygen atoms in total. The number of hydrogen-bond acceptors (Lipinski definition) is 3. The molecular formula is C20H36N4O. The zero-order valence-corrected chi connectivity index (χ0v) is 16.5. The maximum Gasteiger partial charge on any atom is 0.224 e. The van der Waals surface area contributed by atoms with E-state index in [9.17, 15) is 4.79 Å². The van der Waals surface area contributed by atoms with Crippen molar-refractivity contribution >= 4 is 5.91 Å². The van der Waals surface area contributed by atoms with E-state index in [1.807, 2.05) is 11.6 Å². The van der Waals surface area contributed by atoms with Crippen LogP contribution in [-0.4, -0.2) is 34.8 Å². The Balaban J connectivity index is 1.74. The van der Waals surface area contributed by atoms with Crippen molar-refractivity contribution in [2.24, 2.45) is 5.92 Å². The van der Waals surface area contributed by atoms with Crippen LogP contribution in [0.2, 0.25) is 0 Å². The van der Waals surface area contributed by atoms with Gasteiger partial charge in [0.25, 0.3) is 0 Å². The molecule has 1 fully saturated rings. The number of rotatable bonds is 8. The summed E-state index contributed by atoms with van der Waals surface area (Å²) in [4.78, 5) is 12.3. The second kappa shape index (κ2) is 9.95. The van der Waals surface area contributed by atoms with Gasteiger partial charge in [0, 0.05) is 36.9 Å². The number of nitrogens with zero attached hydrogens (tertiary/aromatic N) is 2. The average molecular weight is 349 g/mol. The molecule has 0 bridgehead atoms. The smallest absolute Gasteiger partial charge is 0.224 e. The fraction of sp³-hybridized carbons (Fsp3) is 0.800. The van der Waals surface area contributed by atoms with Gasteiger partial charge in [-0.05, 0) is 32.6 Å². The average Bonchev–Trinajstić information content (AvgIpc) is 2.76. The Labute approximate surface area is 152 Å². The van der Waals surface area contributed by atoms with Gasteiger partial charge in [-0.2, -0.15) is 5.10 Å². The zero-order chi connectivity index (χ0) is 18.2. The summed E-state index contributed by atoms with van der Waals surface area (Å²) in [6, 6.07) is 0.637. The molecule has 25 heavy (non-hydrogen) atoms. The number of nitrogens with one attached hydrogen (secondary N) is 2. The number of aromatic nitrogens is 2. The van der Waals surface area contributed by atoms with E-state index in [0.717, 1.165) is 30.0 Å². The van der Waals surface area contributed by atoms with Crippen molar-refractivity contribution in [3.63, 3.8) is 0 Å². The van der Waals surface area contributed by atoms with Crippen LogP contribution in [0.25, 0.3) is 0 Å². The topological polar surface area (TPSA) is 59.0 Å². The van der Waals surface area contributed by atoms with Crippen LogP contribution in [0.3, 0.4) is 0 Å². The minimum Gasteiger partial charge on any atom is -0.355 e. The van der Waals surface area contributed by atoms with E-state index in [2.05, 4.69) is 36.5 Å². The van der Waals surface area contributed by atoms with Gasteiger partial charge in [-0.1, -0.05) is 39.5 Å². The van der Waals surface area contributed by atoms with E-state index >= 15 is 0 Å². The molecule has 2 N–H and O–H groups in total. The lowest BCUT2D eigenvalue weighted by molar-refractivity contribution is -0.120. The predicted octanol–water partition coefficient (Wildman–Crippen LogP) is 3.13. The number of carbonyl (C=O) groups excluding carboxylic acids is 1. The lowest BCUT2D eigenvalue weighted by atomic mass is 10.1. The van der Waals surface area contributed by atoms with Crippen LogP contribution in [0, 0.1) is 19.8 Å². The normalized spacial score (nSPS) is 16.2. The Bertz CT molecular complexity index is 542. The molecule has 1 aromatic heterocycles. The second-order valence-electron chi connectivity index (χ2n) is 7.89. The monoisotopic (exact) mass is 348 g/mol. The fourth-order valence-corrected chi connectivity index (χ4v) is 3.70. The fourth-order valence-electron chi connectivity index (χ4n) is 3.70. The maximum absolute atomic E-state index is 12.3. The van der Waals surface area contributed by atoms with Crippen molar-refractivity contribution < 1.29 is 4.79 Å². The minimum absolute atomic E-state index is 0.0953. The Morgan fingerprint density at radius 3 is 2.48 bits per heavy atom. The van der Waals surface area contributed by atoms with Crippen molar-refractivity contribution in [2.75, 3.05) is 13.1 Å². The molecule has 1 amide bonds. The van der Waals surface area contributed by atoms with Gasteiger partial charge in [0.1, 0.15) is 0 Å². The highest BCUT2D eigenvalue weighted by atomic mass is 16.1. The standard InChI is InChI=1S/C20H36N4O/c1-15(2)14-24-17(4)19(16(3)23-24)13-20(25)22-12-11-21-18-9-7-5-6-8-10-18/h15,18,21H,5-14H2,1-4H3,(H,22,25). The van der Waals surface area contributed by atoms with Crippen LogP contribution in [0.5, 0.6) is 0 Å². The Morgan fingerprint density at radius 2 is 1.84 bits per heavy atom. The van der Waals surface area contributed by atoms with E-state index in [4.69, 9.17) is 0 Å². The molecule has 1 aliphatic carbocycles. The van der Waals surface area contributed by atoms with Crippen LogP contribution in [0.1, 0.15) is 69.3 Å². The van der Waals surface area contributed by atoms with Crippen LogP contribution in [-0.2, 0) is 17.8 Å². The maximum atomic E-state index is 12.3. The van der Waals surface area contributed by atoms with Gasteiger partial charge in [0.05, 0.1) is 12.1 Å². The van der Waals surface area contributed by atoms with Gasteiger partial charge >= 0.3 is 0 Å². The molecule has 1 heterocycles. The second-order valence-corrected chi connectivity index (χ2v) is 7.89. The van der Waals surface area contributed by atoms with Gasteiger partial charge in [-0.25, -0.2) is 0 Å². The van der Waals surface area contributed by atoms with Crippen LogP contribution in [0.15, 0.2) is 0 Å². The summed E-state index contributed by atoms with van der Waals surface area (Å²) in [6.45, 7) is 10.9. The van der Waals surface area contributed by atoms with Crippen molar-refractivity contribution in [1.29, 1.82) is 0 Å². The van der Waals surface area contributed by atoms with Crippen molar-refractivity contribution in [3.8, 4) is 0 Å². The molecule has 0 atom stereocenters. The van der Waals surface area contributed by atoms with Gasteiger partial charge < -0.3 is 10.6 Å². The minimum atomic E-state index is 0.0953. The highest BCUT2D eigenvalue weighted by molar-refractivity contribution is 5.79. The van der Waals surface area contributed by atoms with Crippen molar-refractivity contribution in [1.82, 2.24) is 20.4 Å². The van der Waals surface area contributed by atoms with E-state index in [1.165, 1.54) is 38.5 Å². The first-order valence-corrected chi connectivity index (χ1v) is 10.00. The molecule has 0 aromatic carbocycles. The first kappa shape index (κ1) is 20.0. The van der Waals surface area contributed by atoms with Gasteiger partial charge in [-0.15, -0.1) is 0 Å². The summed E-state index contributed by atoms with van der Waals surface area (Å²) in [5.74, 6) is 0.646. The molecule has 0 aliphatic heterocycles. The third-order valence-corrected chi connectivity index (χ3v) is 5.14. The summed E-state index contributed by atoms with van der Waals surface area (Å²) in [5, 5.41) is 11.2.